The van der Waals surface area contributed by atoms with Gasteiger partial charge in [-0.05, 0) is 143 Å². The molecule has 3 nitrogen and oxygen atoms in total. The summed E-state index contributed by atoms with van der Waals surface area (Å²) in [4.78, 5) is 5.42. The van der Waals surface area contributed by atoms with E-state index in [9.17, 15) is 0 Å². The van der Waals surface area contributed by atoms with Crippen LogP contribution in [0.1, 0.15) is 135 Å². The van der Waals surface area contributed by atoms with Crippen LogP contribution in [0.2, 0.25) is 0 Å². The highest BCUT2D eigenvalue weighted by Gasteiger charge is 2.61. The molecule has 0 N–H and O–H groups in total. The molecule has 4 heterocycles. The molecule has 2 unspecified atom stereocenters. The van der Waals surface area contributed by atoms with Crippen molar-refractivity contribution in [1.82, 2.24) is 4.57 Å². The molecule has 0 radical (unpaired) electrons. The average molecular weight is 814 g/mol. The number of hydrogen-bond donors (Lipinski definition) is 0. The Kier molecular flexibility index (Phi) is 8.12. The van der Waals surface area contributed by atoms with Crippen LogP contribution in [0.4, 0.5) is 28.4 Å². The van der Waals surface area contributed by atoms with Gasteiger partial charge >= 0.3 is 0 Å². The lowest BCUT2D eigenvalue weighted by molar-refractivity contribution is 0.195. The van der Waals surface area contributed by atoms with Gasteiger partial charge in [-0.25, -0.2) is 0 Å². The van der Waals surface area contributed by atoms with Crippen LogP contribution in [-0.2, 0) is 21.7 Å². The van der Waals surface area contributed by atoms with Crippen LogP contribution >= 0.6 is 0 Å². The predicted octanol–water partition coefficient (Wildman–Crippen LogP) is 13.6. The number of aryl methyl sites for hydroxylation is 2. The van der Waals surface area contributed by atoms with E-state index in [-0.39, 0.29) is 33.9 Å². The standard InChI is InChI=1S/C58H64BN3/c1-35-16-21-40(22-17-35)60(41-23-18-36(2)19-24-41)42-33-49-51-50(34-42)62-53-45(57(12)26-14-15-27-58(57,62)13)30-39(56(9,10)11)32-47(53)59(51)46-31-38(55(6,7)8)29-44-43-28-37(54(3,4)5)20-25-48(43)61(49)52(44)46/h16-25,28-34H,14-15,26-27H2,1-13H3. The second-order valence-electron chi connectivity index (χ2n) is 23.2. The highest BCUT2D eigenvalue weighted by molar-refractivity contribution is 7.00. The summed E-state index contributed by atoms with van der Waals surface area (Å²) in [6, 6.07) is 41.3. The second-order valence-corrected chi connectivity index (χ2v) is 23.2. The second kappa shape index (κ2) is 12.7. The highest BCUT2D eigenvalue weighted by Crippen LogP contribution is 2.62. The molecule has 0 amide bonds. The summed E-state index contributed by atoms with van der Waals surface area (Å²) < 4.78 is 2.69. The van der Waals surface area contributed by atoms with Gasteiger partial charge in [0.2, 0.25) is 0 Å². The van der Waals surface area contributed by atoms with Crippen molar-refractivity contribution in [3.8, 4) is 5.69 Å². The van der Waals surface area contributed by atoms with E-state index in [0.717, 1.165) is 0 Å². The maximum Gasteiger partial charge on any atom is 0.252 e. The van der Waals surface area contributed by atoms with E-state index in [4.69, 9.17) is 0 Å². The van der Waals surface area contributed by atoms with Crippen molar-refractivity contribution in [3.05, 3.63) is 137 Å². The Balaban J connectivity index is 1.34. The van der Waals surface area contributed by atoms with Crippen LogP contribution in [0.25, 0.3) is 27.5 Å². The zero-order valence-electron chi connectivity index (χ0n) is 39.6. The van der Waals surface area contributed by atoms with E-state index >= 15 is 0 Å². The third kappa shape index (κ3) is 5.37. The van der Waals surface area contributed by atoms with Crippen molar-refractivity contribution in [2.24, 2.45) is 0 Å². The first-order valence-corrected chi connectivity index (χ1v) is 23.4. The van der Waals surface area contributed by atoms with Gasteiger partial charge in [-0.1, -0.05) is 142 Å². The molecule has 314 valence electrons. The molecule has 7 aromatic rings. The molecule has 3 aliphatic heterocycles. The molecule has 0 saturated heterocycles. The van der Waals surface area contributed by atoms with Crippen molar-refractivity contribution in [1.29, 1.82) is 0 Å². The first kappa shape index (κ1) is 39.6. The van der Waals surface area contributed by atoms with E-state index < -0.39 is 0 Å². The lowest BCUT2D eigenvalue weighted by atomic mass is 9.33. The fraction of sp³-hybridized carbons (Fsp3) is 0.379. The third-order valence-corrected chi connectivity index (χ3v) is 16.1. The fourth-order valence-electron chi connectivity index (χ4n) is 12.2. The Morgan fingerprint density at radius 1 is 0.548 bits per heavy atom. The van der Waals surface area contributed by atoms with Crippen LogP contribution in [0.15, 0.2) is 103 Å². The van der Waals surface area contributed by atoms with Gasteiger partial charge in [-0.3, -0.25) is 0 Å². The molecular formula is C58H64BN3. The predicted molar refractivity (Wildman–Crippen MR) is 268 cm³/mol. The number of fused-ring (bicyclic) bond motifs is 10. The number of anilines is 5. The van der Waals surface area contributed by atoms with Crippen molar-refractivity contribution >= 4 is 73.3 Å². The van der Waals surface area contributed by atoms with Crippen molar-refractivity contribution in [3.63, 3.8) is 0 Å². The smallest absolute Gasteiger partial charge is 0.252 e. The zero-order valence-corrected chi connectivity index (χ0v) is 39.6. The lowest BCUT2D eigenvalue weighted by Crippen LogP contribution is -2.64. The third-order valence-electron chi connectivity index (χ3n) is 16.1. The highest BCUT2D eigenvalue weighted by atomic mass is 15.3. The van der Waals surface area contributed by atoms with E-state index in [1.807, 2.05) is 0 Å². The van der Waals surface area contributed by atoms with Crippen LogP contribution in [0, 0.1) is 13.8 Å². The molecule has 62 heavy (non-hydrogen) atoms. The van der Waals surface area contributed by atoms with Crippen molar-refractivity contribution in [2.75, 3.05) is 9.80 Å². The minimum absolute atomic E-state index is 0.00538. The largest absolute Gasteiger partial charge is 0.335 e. The summed E-state index contributed by atoms with van der Waals surface area (Å²) in [7, 11) is 0. The van der Waals surface area contributed by atoms with Crippen molar-refractivity contribution < 1.29 is 0 Å². The maximum absolute atomic E-state index is 2.91. The van der Waals surface area contributed by atoms with Crippen LogP contribution in [0.5, 0.6) is 0 Å². The summed E-state index contributed by atoms with van der Waals surface area (Å²) in [5.74, 6) is 0. The molecule has 1 saturated carbocycles. The summed E-state index contributed by atoms with van der Waals surface area (Å²) >= 11 is 0. The lowest BCUT2D eigenvalue weighted by Gasteiger charge is -2.52. The quantitative estimate of drug-likeness (QED) is 0.165. The molecule has 0 bridgehead atoms. The monoisotopic (exact) mass is 814 g/mol. The molecular weight excluding hydrogens is 749 g/mol. The van der Waals surface area contributed by atoms with Gasteiger partial charge in [0.1, 0.15) is 0 Å². The van der Waals surface area contributed by atoms with Gasteiger partial charge in [-0.15, -0.1) is 0 Å². The van der Waals surface area contributed by atoms with E-state index in [1.165, 1.54) is 126 Å². The molecule has 4 heteroatoms. The Morgan fingerprint density at radius 2 is 1.10 bits per heavy atom. The van der Waals surface area contributed by atoms with Crippen LogP contribution < -0.4 is 26.2 Å². The van der Waals surface area contributed by atoms with E-state index in [0.29, 0.717) is 0 Å². The molecule has 1 aliphatic carbocycles. The minimum atomic E-state index is -0.0853. The van der Waals surface area contributed by atoms with Gasteiger partial charge < -0.3 is 14.4 Å². The first-order chi connectivity index (χ1) is 29.2. The number of aromatic nitrogens is 1. The molecule has 11 rings (SSSR count). The Labute approximate surface area is 371 Å². The number of rotatable bonds is 3. The fourth-order valence-corrected chi connectivity index (χ4v) is 12.2. The molecule has 1 fully saturated rings. The minimum Gasteiger partial charge on any atom is -0.335 e. The molecule has 6 aromatic carbocycles. The summed E-state index contributed by atoms with van der Waals surface area (Å²) in [5, 5.41) is 2.73. The SMILES string of the molecule is Cc1ccc(N(c2ccc(C)cc2)c2cc3c4c(c2)-n2c5ccc(C(C)(C)C)cc5c5cc(C(C)(C)C)cc(c52)B4c2cc(C(C)(C)C)cc4c2N3C2(C)CCCCC42C)cc1. The zero-order chi connectivity index (χ0) is 43.6. The molecule has 0 spiro atoms. The van der Waals surface area contributed by atoms with Gasteiger partial charge in [-0.2, -0.15) is 0 Å². The number of nitrogens with zero attached hydrogens (tertiary/aromatic N) is 3. The van der Waals surface area contributed by atoms with Gasteiger partial charge in [0.25, 0.3) is 6.71 Å². The topological polar surface area (TPSA) is 11.4 Å². The van der Waals surface area contributed by atoms with Crippen LogP contribution in [0.3, 0.4) is 0 Å². The summed E-state index contributed by atoms with van der Waals surface area (Å²) in [6.07, 6.45) is 4.89. The summed E-state index contributed by atoms with van der Waals surface area (Å²) in [6.45, 7) is 31.2. The Bertz CT molecular complexity index is 2970. The normalized spacial score (nSPS) is 20.1. The average Bonchev–Trinajstić information content (AvgIpc) is 3.65. The molecule has 2 atom stereocenters. The van der Waals surface area contributed by atoms with Crippen molar-refractivity contribution in [2.45, 2.75) is 143 Å². The first-order valence-electron chi connectivity index (χ1n) is 23.4. The van der Waals surface area contributed by atoms with Gasteiger partial charge in [0.05, 0.1) is 16.7 Å². The molecule has 1 aromatic heterocycles. The Morgan fingerprint density at radius 3 is 1.71 bits per heavy atom. The van der Waals surface area contributed by atoms with E-state index in [2.05, 4.69) is 208 Å². The number of benzene rings is 6. The summed E-state index contributed by atoms with van der Waals surface area (Å²) in [5.41, 5.74) is 23.1. The van der Waals surface area contributed by atoms with E-state index in [1.54, 1.807) is 5.56 Å². The number of hydrogen-bond acceptors (Lipinski definition) is 2. The van der Waals surface area contributed by atoms with Gasteiger partial charge in [0.15, 0.2) is 0 Å². The van der Waals surface area contributed by atoms with Gasteiger partial charge in [0, 0.05) is 50.1 Å². The molecule has 4 aliphatic rings. The maximum atomic E-state index is 2.91. The Hall–Kier alpha value is -5.22. The van der Waals surface area contributed by atoms with Crippen LogP contribution in [-0.4, -0.2) is 16.8 Å².